The zero-order valence-corrected chi connectivity index (χ0v) is 13.6. The Hall–Kier alpha value is -1.35. The second-order valence-electron chi connectivity index (χ2n) is 5.31. The molecule has 0 aliphatic rings. The summed E-state index contributed by atoms with van der Waals surface area (Å²) in [6.45, 7) is 12.1. The van der Waals surface area contributed by atoms with Crippen LogP contribution >= 0.6 is 0 Å². The van der Waals surface area contributed by atoms with Gasteiger partial charge in [-0.1, -0.05) is 20.8 Å². The van der Waals surface area contributed by atoms with Gasteiger partial charge in [0.2, 0.25) is 0 Å². The number of hydrogen-bond donors (Lipinski definition) is 0. The summed E-state index contributed by atoms with van der Waals surface area (Å²) in [5.74, 6) is 0.990. The van der Waals surface area contributed by atoms with E-state index in [4.69, 9.17) is 4.74 Å². The number of carbonyl (C=O) groups excluding carboxylic acids is 1. The molecule has 1 aromatic rings. The van der Waals surface area contributed by atoms with E-state index in [0.717, 1.165) is 36.4 Å². The molecule has 1 unspecified atom stereocenters. The maximum atomic E-state index is 13.0. The van der Waals surface area contributed by atoms with Crippen LogP contribution in [0.1, 0.15) is 50.0 Å². The monoisotopic (exact) mass is 277 g/mol. The average molecular weight is 277 g/mol. The third-order valence-electron chi connectivity index (χ3n) is 4.32. The summed E-state index contributed by atoms with van der Waals surface area (Å²) >= 11 is 0. The molecule has 20 heavy (non-hydrogen) atoms. The first-order chi connectivity index (χ1) is 9.44. The summed E-state index contributed by atoms with van der Waals surface area (Å²) in [5.41, 5.74) is 1.33. The summed E-state index contributed by atoms with van der Waals surface area (Å²) in [6, 6.07) is 5.66. The van der Waals surface area contributed by atoms with E-state index in [-0.39, 0.29) is 5.78 Å². The standard InChI is InChI=1S/C17H27NO2/c1-7-17(5,18(8-2)9-3)16(19)15-11-10-14(20-6)12-13(15)4/h10-12H,7-9H2,1-6H3. The molecule has 0 fully saturated rings. The van der Waals surface area contributed by atoms with Crippen molar-refractivity contribution in [1.82, 2.24) is 4.90 Å². The number of hydrogen-bond acceptors (Lipinski definition) is 3. The Labute approximate surface area is 122 Å². The molecule has 0 saturated carbocycles. The lowest BCUT2D eigenvalue weighted by atomic mass is 9.85. The molecule has 0 amide bonds. The van der Waals surface area contributed by atoms with E-state index in [1.165, 1.54) is 0 Å². The van der Waals surface area contributed by atoms with E-state index in [1.807, 2.05) is 32.0 Å². The molecule has 0 aliphatic carbocycles. The van der Waals surface area contributed by atoms with Crippen LogP contribution in [0.2, 0.25) is 0 Å². The maximum Gasteiger partial charge on any atom is 0.183 e. The van der Waals surface area contributed by atoms with Crippen molar-refractivity contribution in [3.8, 4) is 5.75 Å². The van der Waals surface area contributed by atoms with Crippen molar-refractivity contribution in [2.45, 2.75) is 46.6 Å². The summed E-state index contributed by atoms with van der Waals surface area (Å²) in [5, 5.41) is 0. The molecule has 0 radical (unpaired) electrons. The van der Waals surface area contributed by atoms with Gasteiger partial charge in [0.15, 0.2) is 5.78 Å². The quantitative estimate of drug-likeness (QED) is 0.712. The van der Waals surface area contributed by atoms with Gasteiger partial charge in [-0.15, -0.1) is 0 Å². The lowest BCUT2D eigenvalue weighted by molar-refractivity contribution is 0.0607. The predicted molar refractivity (Wildman–Crippen MR) is 83.7 cm³/mol. The van der Waals surface area contributed by atoms with Gasteiger partial charge in [-0.2, -0.15) is 0 Å². The molecular formula is C17H27NO2. The molecular weight excluding hydrogens is 250 g/mol. The molecule has 112 valence electrons. The van der Waals surface area contributed by atoms with Crippen molar-refractivity contribution in [3.63, 3.8) is 0 Å². The summed E-state index contributed by atoms with van der Waals surface area (Å²) in [6.07, 6.45) is 0.805. The van der Waals surface area contributed by atoms with Gasteiger partial charge in [0.05, 0.1) is 12.6 Å². The molecule has 0 spiro atoms. The molecule has 1 aromatic carbocycles. The predicted octanol–water partition coefficient (Wildman–Crippen LogP) is 3.70. The minimum atomic E-state index is -0.442. The van der Waals surface area contributed by atoms with E-state index >= 15 is 0 Å². The number of Topliss-reactive ketones (excluding diaryl/α,β-unsaturated/α-hetero) is 1. The number of carbonyl (C=O) groups is 1. The molecule has 0 aromatic heterocycles. The number of likely N-dealkylation sites (N-methyl/N-ethyl adjacent to an activating group) is 1. The first kappa shape index (κ1) is 16.7. The highest BCUT2D eigenvalue weighted by atomic mass is 16.5. The minimum Gasteiger partial charge on any atom is -0.497 e. The van der Waals surface area contributed by atoms with Gasteiger partial charge < -0.3 is 4.74 Å². The van der Waals surface area contributed by atoms with Gasteiger partial charge in [-0.05, 0) is 57.1 Å². The third kappa shape index (κ3) is 3.04. The Morgan fingerprint density at radius 1 is 1.25 bits per heavy atom. The van der Waals surface area contributed by atoms with Crippen LogP contribution in [0.3, 0.4) is 0 Å². The highest BCUT2D eigenvalue weighted by molar-refractivity contribution is 6.04. The number of ketones is 1. The Bertz CT molecular complexity index is 466. The van der Waals surface area contributed by atoms with Gasteiger partial charge in [0.1, 0.15) is 5.75 Å². The Kier molecular flexibility index (Phi) is 5.75. The smallest absolute Gasteiger partial charge is 0.183 e. The van der Waals surface area contributed by atoms with Crippen molar-refractivity contribution in [2.75, 3.05) is 20.2 Å². The topological polar surface area (TPSA) is 29.5 Å². The molecule has 1 atom stereocenters. The van der Waals surface area contributed by atoms with Crippen molar-refractivity contribution < 1.29 is 9.53 Å². The van der Waals surface area contributed by atoms with Crippen molar-refractivity contribution in [1.29, 1.82) is 0 Å². The molecule has 0 heterocycles. The maximum absolute atomic E-state index is 13.0. The van der Waals surface area contributed by atoms with E-state index < -0.39 is 5.54 Å². The fourth-order valence-electron chi connectivity index (χ4n) is 2.76. The summed E-state index contributed by atoms with van der Waals surface area (Å²) in [7, 11) is 1.64. The number of aryl methyl sites for hydroxylation is 1. The number of rotatable bonds is 7. The number of nitrogens with zero attached hydrogens (tertiary/aromatic N) is 1. The van der Waals surface area contributed by atoms with E-state index in [1.54, 1.807) is 7.11 Å². The molecule has 0 saturated heterocycles. The highest BCUT2D eigenvalue weighted by Gasteiger charge is 2.37. The molecule has 0 N–H and O–H groups in total. The van der Waals surface area contributed by atoms with Crippen LogP contribution < -0.4 is 4.74 Å². The van der Waals surface area contributed by atoms with Gasteiger partial charge in [0.25, 0.3) is 0 Å². The van der Waals surface area contributed by atoms with Crippen molar-refractivity contribution >= 4 is 5.78 Å². The molecule has 0 bridgehead atoms. The Balaban J connectivity index is 3.20. The Morgan fingerprint density at radius 3 is 2.25 bits per heavy atom. The van der Waals surface area contributed by atoms with E-state index in [2.05, 4.69) is 25.7 Å². The fraction of sp³-hybridized carbons (Fsp3) is 0.588. The third-order valence-corrected chi connectivity index (χ3v) is 4.32. The van der Waals surface area contributed by atoms with Crippen LogP contribution in [0.25, 0.3) is 0 Å². The van der Waals surface area contributed by atoms with Gasteiger partial charge in [-0.25, -0.2) is 0 Å². The Morgan fingerprint density at radius 2 is 1.85 bits per heavy atom. The number of ether oxygens (including phenoxy) is 1. The molecule has 3 heteroatoms. The minimum absolute atomic E-state index is 0.198. The average Bonchev–Trinajstić information content (AvgIpc) is 2.47. The van der Waals surface area contributed by atoms with Crippen molar-refractivity contribution in [2.24, 2.45) is 0 Å². The largest absolute Gasteiger partial charge is 0.497 e. The molecule has 3 nitrogen and oxygen atoms in total. The lowest BCUT2D eigenvalue weighted by Crippen LogP contribution is -2.52. The van der Waals surface area contributed by atoms with Crippen LogP contribution in [0, 0.1) is 6.92 Å². The molecule has 0 aliphatic heterocycles. The van der Waals surface area contributed by atoms with E-state index in [9.17, 15) is 4.79 Å². The summed E-state index contributed by atoms with van der Waals surface area (Å²) in [4.78, 5) is 15.2. The molecule has 1 rings (SSSR count). The van der Waals surface area contributed by atoms with Crippen LogP contribution in [0.4, 0.5) is 0 Å². The lowest BCUT2D eigenvalue weighted by Gasteiger charge is -2.38. The summed E-state index contributed by atoms with van der Waals surface area (Å²) < 4.78 is 5.21. The highest BCUT2D eigenvalue weighted by Crippen LogP contribution is 2.27. The number of methoxy groups -OCH3 is 1. The normalized spacial score (nSPS) is 14.2. The van der Waals surface area contributed by atoms with Gasteiger partial charge >= 0.3 is 0 Å². The van der Waals surface area contributed by atoms with Crippen LogP contribution in [0.5, 0.6) is 5.75 Å². The SMILES string of the molecule is CCN(CC)C(C)(CC)C(=O)c1ccc(OC)cc1C. The van der Waals surface area contributed by atoms with E-state index in [0.29, 0.717) is 0 Å². The number of benzene rings is 1. The van der Waals surface area contributed by atoms with Crippen LogP contribution in [-0.4, -0.2) is 36.4 Å². The van der Waals surface area contributed by atoms with Gasteiger partial charge in [-0.3, -0.25) is 9.69 Å². The van der Waals surface area contributed by atoms with Gasteiger partial charge in [0, 0.05) is 5.56 Å². The first-order valence-electron chi connectivity index (χ1n) is 7.39. The van der Waals surface area contributed by atoms with Crippen molar-refractivity contribution in [3.05, 3.63) is 29.3 Å². The second-order valence-corrected chi connectivity index (χ2v) is 5.31. The second kappa shape index (κ2) is 6.89. The zero-order valence-electron chi connectivity index (χ0n) is 13.6. The van der Waals surface area contributed by atoms with Crippen LogP contribution in [-0.2, 0) is 0 Å². The fourth-order valence-corrected chi connectivity index (χ4v) is 2.76. The van der Waals surface area contributed by atoms with Crippen LogP contribution in [0.15, 0.2) is 18.2 Å². The first-order valence-corrected chi connectivity index (χ1v) is 7.39. The zero-order chi connectivity index (χ0) is 15.3.